The number of pyridine rings is 1. The number of hydrazine groups is 1. The van der Waals surface area contributed by atoms with E-state index in [2.05, 4.69) is 32.4 Å². The molecule has 0 bridgehead atoms. The van der Waals surface area contributed by atoms with E-state index >= 15 is 0 Å². The Balaban J connectivity index is 2.12. The van der Waals surface area contributed by atoms with Crippen LogP contribution in [0.4, 0.5) is 0 Å². The summed E-state index contributed by atoms with van der Waals surface area (Å²) in [7, 11) is 0. The van der Waals surface area contributed by atoms with E-state index in [0.29, 0.717) is 0 Å². The van der Waals surface area contributed by atoms with Crippen molar-refractivity contribution in [1.29, 1.82) is 0 Å². The third kappa shape index (κ3) is 2.89. The van der Waals surface area contributed by atoms with Gasteiger partial charge in [0.25, 0.3) is 0 Å². The summed E-state index contributed by atoms with van der Waals surface area (Å²) in [6.07, 6.45) is 2.59. The Hall–Kier alpha value is -0.750. The van der Waals surface area contributed by atoms with Gasteiger partial charge in [-0.25, -0.2) is 0 Å². The summed E-state index contributed by atoms with van der Waals surface area (Å²) < 4.78 is 1.11. The number of hydrogen-bond acceptors (Lipinski definition) is 4. The lowest BCUT2D eigenvalue weighted by molar-refractivity contribution is 0.554. The highest BCUT2D eigenvalue weighted by Gasteiger charge is 2.13. The first-order valence-electron chi connectivity index (χ1n) is 4.91. The van der Waals surface area contributed by atoms with Gasteiger partial charge in [-0.3, -0.25) is 16.3 Å². The Bertz CT molecular complexity index is 444. The van der Waals surface area contributed by atoms with Crippen LogP contribution in [0.3, 0.4) is 0 Å². The average Bonchev–Trinajstić information content (AvgIpc) is 2.74. The minimum Gasteiger partial charge on any atom is -0.271 e. The minimum atomic E-state index is 0.117. The van der Waals surface area contributed by atoms with Gasteiger partial charge in [-0.05, 0) is 40.2 Å². The van der Waals surface area contributed by atoms with E-state index in [1.54, 1.807) is 17.5 Å². The zero-order chi connectivity index (χ0) is 11.4. The highest BCUT2D eigenvalue weighted by molar-refractivity contribution is 9.11. The lowest BCUT2D eigenvalue weighted by Gasteiger charge is -2.13. The monoisotopic (exact) mass is 297 g/mol. The molecule has 1 atom stereocenters. The van der Waals surface area contributed by atoms with E-state index in [4.69, 9.17) is 5.84 Å². The van der Waals surface area contributed by atoms with Crippen LogP contribution < -0.4 is 11.3 Å². The molecule has 0 saturated heterocycles. The van der Waals surface area contributed by atoms with Crippen molar-refractivity contribution in [2.24, 2.45) is 5.84 Å². The molecular weight excluding hydrogens is 286 g/mol. The molecule has 2 heterocycles. The second kappa shape index (κ2) is 5.54. The molecule has 0 spiro atoms. The Labute approximate surface area is 107 Å². The molecule has 0 aliphatic carbocycles. The summed E-state index contributed by atoms with van der Waals surface area (Å²) in [6.45, 7) is 0. The molecule has 0 amide bonds. The van der Waals surface area contributed by atoms with Crippen LogP contribution in [0, 0.1) is 0 Å². The Morgan fingerprint density at radius 3 is 2.81 bits per heavy atom. The van der Waals surface area contributed by atoms with Crippen LogP contribution in [-0.4, -0.2) is 4.98 Å². The summed E-state index contributed by atoms with van der Waals surface area (Å²) in [5.41, 5.74) is 3.87. The van der Waals surface area contributed by atoms with E-state index in [-0.39, 0.29) is 6.04 Å². The molecule has 0 aliphatic rings. The first-order valence-corrected chi connectivity index (χ1v) is 6.52. The Kier molecular flexibility index (Phi) is 4.06. The van der Waals surface area contributed by atoms with Gasteiger partial charge in [0.15, 0.2) is 0 Å². The molecule has 3 N–H and O–H groups in total. The molecule has 0 radical (unpaired) electrons. The molecule has 2 aromatic heterocycles. The van der Waals surface area contributed by atoms with E-state index in [1.807, 2.05) is 24.3 Å². The third-order valence-corrected chi connectivity index (χ3v) is 4.02. The fraction of sp³-hybridized carbons (Fsp3) is 0.182. The van der Waals surface area contributed by atoms with Crippen LogP contribution >= 0.6 is 27.3 Å². The predicted octanol–water partition coefficient (Wildman–Crippen LogP) is 2.65. The SMILES string of the molecule is NNC(Cc1ccccn1)c1ccc(Br)s1. The van der Waals surface area contributed by atoms with Gasteiger partial charge in [0.2, 0.25) is 0 Å². The molecule has 2 aromatic rings. The number of nitrogens with one attached hydrogen (secondary N) is 1. The lowest BCUT2D eigenvalue weighted by atomic mass is 10.1. The van der Waals surface area contributed by atoms with Crippen molar-refractivity contribution in [3.8, 4) is 0 Å². The third-order valence-electron chi connectivity index (χ3n) is 2.28. The summed E-state index contributed by atoms with van der Waals surface area (Å²) in [6, 6.07) is 10.1. The maximum absolute atomic E-state index is 5.58. The largest absolute Gasteiger partial charge is 0.271 e. The average molecular weight is 298 g/mol. The van der Waals surface area contributed by atoms with E-state index < -0.39 is 0 Å². The number of nitrogens with two attached hydrogens (primary N) is 1. The van der Waals surface area contributed by atoms with Gasteiger partial charge in [0.05, 0.1) is 9.83 Å². The number of nitrogens with zero attached hydrogens (tertiary/aromatic N) is 1. The lowest BCUT2D eigenvalue weighted by Crippen LogP contribution is -2.29. The fourth-order valence-corrected chi connectivity index (χ4v) is 2.97. The second-order valence-corrected chi connectivity index (χ2v) is 5.88. The summed E-state index contributed by atoms with van der Waals surface area (Å²) in [5, 5.41) is 0. The van der Waals surface area contributed by atoms with Gasteiger partial charge in [0.1, 0.15) is 0 Å². The standard InChI is InChI=1S/C11H12BrN3S/c12-11-5-4-10(16-11)9(15-13)7-8-3-1-2-6-14-8/h1-6,9,15H,7,13H2. The maximum Gasteiger partial charge on any atom is 0.0702 e. The fourth-order valence-electron chi connectivity index (χ4n) is 1.49. The quantitative estimate of drug-likeness (QED) is 0.674. The van der Waals surface area contributed by atoms with Crippen molar-refractivity contribution in [2.75, 3.05) is 0 Å². The van der Waals surface area contributed by atoms with Gasteiger partial charge >= 0.3 is 0 Å². The number of aromatic nitrogens is 1. The van der Waals surface area contributed by atoms with Crippen LogP contribution in [0.15, 0.2) is 40.3 Å². The number of rotatable bonds is 4. The zero-order valence-electron chi connectivity index (χ0n) is 8.56. The van der Waals surface area contributed by atoms with E-state index in [1.165, 1.54) is 4.88 Å². The van der Waals surface area contributed by atoms with Crippen LogP contribution in [-0.2, 0) is 6.42 Å². The van der Waals surface area contributed by atoms with E-state index in [9.17, 15) is 0 Å². The first-order chi connectivity index (χ1) is 7.79. The molecule has 0 aliphatic heterocycles. The molecule has 0 fully saturated rings. The summed E-state index contributed by atoms with van der Waals surface area (Å²) in [5.74, 6) is 5.58. The van der Waals surface area contributed by atoms with Gasteiger partial charge in [-0.15, -0.1) is 11.3 Å². The number of thiophene rings is 1. The molecule has 2 rings (SSSR count). The molecule has 84 valence electrons. The van der Waals surface area contributed by atoms with Gasteiger partial charge in [-0.1, -0.05) is 6.07 Å². The number of hydrogen-bond donors (Lipinski definition) is 2. The van der Waals surface area contributed by atoms with Crippen molar-refractivity contribution in [1.82, 2.24) is 10.4 Å². The van der Waals surface area contributed by atoms with Gasteiger partial charge < -0.3 is 0 Å². The Morgan fingerprint density at radius 2 is 2.25 bits per heavy atom. The van der Waals surface area contributed by atoms with Crippen LogP contribution in [0.2, 0.25) is 0 Å². The molecule has 1 unspecified atom stereocenters. The zero-order valence-corrected chi connectivity index (χ0v) is 11.0. The summed E-state index contributed by atoms with van der Waals surface area (Å²) >= 11 is 5.14. The first kappa shape index (κ1) is 11.7. The predicted molar refractivity (Wildman–Crippen MR) is 70.0 cm³/mol. The number of halogens is 1. The second-order valence-electron chi connectivity index (χ2n) is 3.39. The summed E-state index contributed by atoms with van der Waals surface area (Å²) in [4.78, 5) is 5.50. The van der Waals surface area contributed by atoms with Crippen molar-refractivity contribution < 1.29 is 0 Å². The van der Waals surface area contributed by atoms with Gasteiger partial charge in [-0.2, -0.15) is 0 Å². The van der Waals surface area contributed by atoms with Crippen LogP contribution in [0.25, 0.3) is 0 Å². The molecular formula is C11H12BrN3S. The van der Waals surface area contributed by atoms with Crippen LogP contribution in [0.1, 0.15) is 16.6 Å². The highest BCUT2D eigenvalue weighted by atomic mass is 79.9. The molecule has 3 nitrogen and oxygen atoms in total. The van der Waals surface area contributed by atoms with Crippen LogP contribution in [0.5, 0.6) is 0 Å². The normalized spacial score (nSPS) is 12.6. The molecule has 5 heteroatoms. The van der Waals surface area contributed by atoms with Crippen molar-refractivity contribution in [3.63, 3.8) is 0 Å². The van der Waals surface area contributed by atoms with Crippen molar-refractivity contribution >= 4 is 27.3 Å². The van der Waals surface area contributed by atoms with Gasteiger partial charge in [0, 0.05) is 23.2 Å². The smallest absolute Gasteiger partial charge is 0.0702 e. The Morgan fingerprint density at radius 1 is 1.38 bits per heavy atom. The molecule has 16 heavy (non-hydrogen) atoms. The molecule has 0 saturated carbocycles. The molecule has 0 aromatic carbocycles. The maximum atomic E-state index is 5.58. The van der Waals surface area contributed by atoms with Crippen molar-refractivity contribution in [3.05, 3.63) is 50.9 Å². The van der Waals surface area contributed by atoms with Crippen molar-refractivity contribution in [2.45, 2.75) is 12.5 Å². The highest BCUT2D eigenvalue weighted by Crippen LogP contribution is 2.28. The van der Waals surface area contributed by atoms with E-state index in [0.717, 1.165) is 15.9 Å². The minimum absolute atomic E-state index is 0.117. The topological polar surface area (TPSA) is 50.9 Å².